The Balaban J connectivity index is 3.18. The zero-order chi connectivity index (χ0) is 14.1. The number of hydrogen-bond acceptors (Lipinski definition) is 3. The maximum atomic E-state index is 12.5. The van der Waals surface area contributed by atoms with Crippen LogP contribution in [0, 0.1) is 0 Å². The van der Waals surface area contributed by atoms with Crippen molar-refractivity contribution in [1.82, 2.24) is 10.2 Å². The fraction of sp³-hybridized carbons (Fsp3) is 0.846. The van der Waals surface area contributed by atoms with Crippen LogP contribution in [0.3, 0.4) is 0 Å². The molecule has 18 heavy (non-hydrogen) atoms. The van der Waals surface area contributed by atoms with Gasteiger partial charge in [0.1, 0.15) is 11.1 Å². The van der Waals surface area contributed by atoms with Crippen molar-refractivity contribution in [2.45, 2.75) is 58.2 Å². The first kappa shape index (κ1) is 15.0. The molecule has 0 aromatic heterocycles. The summed E-state index contributed by atoms with van der Waals surface area (Å²) in [4.78, 5) is 26.5. The molecule has 1 N–H and O–H groups in total. The Morgan fingerprint density at radius 3 is 2.33 bits per heavy atom. The molecule has 0 spiro atoms. The van der Waals surface area contributed by atoms with Crippen LogP contribution < -0.4 is 5.32 Å². The van der Waals surface area contributed by atoms with Crippen molar-refractivity contribution >= 4 is 11.8 Å². The number of amides is 2. The van der Waals surface area contributed by atoms with Gasteiger partial charge in [0.05, 0.1) is 12.6 Å². The van der Waals surface area contributed by atoms with Gasteiger partial charge in [0.2, 0.25) is 11.8 Å². The molecule has 0 aromatic rings. The molecule has 104 valence electrons. The number of piperazine rings is 1. The summed E-state index contributed by atoms with van der Waals surface area (Å²) < 4.78 is 5.12. The van der Waals surface area contributed by atoms with Crippen molar-refractivity contribution in [1.29, 1.82) is 0 Å². The highest BCUT2D eigenvalue weighted by Crippen LogP contribution is 2.30. The van der Waals surface area contributed by atoms with Crippen molar-refractivity contribution in [2.75, 3.05) is 13.7 Å². The number of hydrogen-bond donors (Lipinski definition) is 1. The molecule has 2 atom stereocenters. The van der Waals surface area contributed by atoms with Gasteiger partial charge in [0.25, 0.3) is 0 Å². The number of nitrogens with one attached hydrogen (secondary N) is 1. The van der Waals surface area contributed by atoms with E-state index in [1.54, 1.807) is 25.9 Å². The van der Waals surface area contributed by atoms with Crippen LogP contribution >= 0.6 is 0 Å². The standard InChI is InChI=1S/C13H24N2O3/c1-7-13(5)10(16)14-12(3,4)11(17)15(13)9(2)8-18-6/h9H,7-8H2,1-6H3,(H,14,16). The van der Waals surface area contributed by atoms with Crippen molar-refractivity contribution in [3.05, 3.63) is 0 Å². The molecule has 1 aliphatic rings. The second-order valence-electron chi connectivity index (χ2n) is 5.69. The summed E-state index contributed by atoms with van der Waals surface area (Å²) in [6, 6.07) is -0.127. The number of carbonyl (C=O) groups excluding carboxylic acids is 2. The summed E-state index contributed by atoms with van der Waals surface area (Å²) in [6.07, 6.45) is 0.578. The molecule has 1 heterocycles. The number of carbonyl (C=O) groups is 2. The highest BCUT2D eigenvalue weighted by atomic mass is 16.5. The second kappa shape index (κ2) is 4.88. The normalized spacial score (nSPS) is 29.1. The number of ether oxygens (including phenoxy) is 1. The number of rotatable bonds is 4. The van der Waals surface area contributed by atoms with Gasteiger partial charge >= 0.3 is 0 Å². The first-order chi connectivity index (χ1) is 8.20. The van der Waals surface area contributed by atoms with Crippen LogP contribution in [-0.4, -0.2) is 47.6 Å². The van der Waals surface area contributed by atoms with E-state index in [0.29, 0.717) is 13.0 Å². The van der Waals surface area contributed by atoms with Gasteiger partial charge in [0, 0.05) is 7.11 Å². The molecule has 0 saturated carbocycles. The van der Waals surface area contributed by atoms with Crippen LogP contribution in [0.4, 0.5) is 0 Å². The Morgan fingerprint density at radius 2 is 1.89 bits per heavy atom. The molecular formula is C13H24N2O3. The van der Waals surface area contributed by atoms with E-state index < -0.39 is 11.1 Å². The molecule has 2 amide bonds. The van der Waals surface area contributed by atoms with Gasteiger partial charge < -0.3 is 15.0 Å². The minimum absolute atomic E-state index is 0.0593. The summed E-state index contributed by atoms with van der Waals surface area (Å²) in [5, 5.41) is 2.80. The lowest BCUT2D eigenvalue weighted by Gasteiger charge is -2.51. The van der Waals surface area contributed by atoms with Crippen molar-refractivity contribution in [2.24, 2.45) is 0 Å². The largest absolute Gasteiger partial charge is 0.383 e. The Labute approximate surface area is 109 Å². The van der Waals surface area contributed by atoms with E-state index in [1.807, 2.05) is 20.8 Å². The zero-order valence-corrected chi connectivity index (χ0v) is 12.2. The van der Waals surface area contributed by atoms with Crippen LogP contribution in [0.25, 0.3) is 0 Å². The van der Waals surface area contributed by atoms with Crippen LogP contribution in [0.1, 0.15) is 41.0 Å². The fourth-order valence-electron chi connectivity index (χ4n) is 2.44. The molecule has 1 aliphatic heterocycles. The Bertz CT molecular complexity index is 354. The van der Waals surface area contributed by atoms with E-state index in [0.717, 1.165) is 0 Å². The van der Waals surface area contributed by atoms with Crippen molar-refractivity contribution in [3.8, 4) is 0 Å². The maximum absolute atomic E-state index is 12.5. The summed E-state index contributed by atoms with van der Waals surface area (Å²) in [5.41, 5.74) is -1.65. The molecule has 0 radical (unpaired) electrons. The van der Waals surface area contributed by atoms with Gasteiger partial charge in [0.15, 0.2) is 0 Å². The molecule has 1 rings (SSSR count). The average molecular weight is 256 g/mol. The molecule has 1 fully saturated rings. The van der Waals surface area contributed by atoms with E-state index in [2.05, 4.69) is 5.32 Å². The summed E-state index contributed by atoms with van der Waals surface area (Å²) in [7, 11) is 1.60. The van der Waals surface area contributed by atoms with Gasteiger partial charge in [-0.15, -0.1) is 0 Å². The third-order valence-electron chi connectivity index (χ3n) is 3.74. The van der Waals surface area contributed by atoms with Gasteiger partial charge in [-0.05, 0) is 34.1 Å². The molecule has 2 unspecified atom stereocenters. The third kappa shape index (κ3) is 2.23. The van der Waals surface area contributed by atoms with E-state index in [4.69, 9.17) is 4.74 Å². The van der Waals surface area contributed by atoms with Gasteiger partial charge in [-0.3, -0.25) is 9.59 Å². The van der Waals surface area contributed by atoms with Crippen molar-refractivity contribution in [3.63, 3.8) is 0 Å². The minimum atomic E-state index is -0.853. The topological polar surface area (TPSA) is 58.6 Å². The lowest BCUT2D eigenvalue weighted by atomic mass is 9.85. The smallest absolute Gasteiger partial charge is 0.248 e. The van der Waals surface area contributed by atoms with Crippen LogP contribution in [0.2, 0.25) is 0 Å². The SMILES string of the molecule is CCC1(C)C(=O)NC(C)(C)C(=O)N1C(C)COC. The molecule has 0 aliphatic carbocycles. The van der Waals surface area contributed by atoms with E-state index >= 15 is 0 Å². The van der Waals surface area contributed by atoms with Gasteiger partial charge in [-0.1, -0.05) is 6.92 Å². The maximum Gasteiger partial charge on any atom is 0.248 e. The minimum Gasteiger partial charge on any atom is -0.383 e. The third-order valence-corrected chi connectivity index (χ3v) is 3.74. The Hall–Kier alpha value is -1.10. The predicted molar refractivity (Wildman–Crippen MR) is 69.1 cm³/mol. The van der Waals surface area contributed by atoms with Crippen LogP contribution in [-0.2, 0) is 14.3 Å². The summed E-state index contributed by atoms with van der Waals surface area (Å²) >= 11 is 0. The summed E-state index contributed by atoms with van der Waals surface area (Å²) in [5.74, 6) is -0.159. The lowest BCUT2D eigenvalue weighted by molar-refractivity contribution is -0.165. The monoisotopic (exact) mass is 256 g/mol. The number of nitrogens with zero attached hydrogens (tertiary/aromatic N) is 1. The van der Waals surface area contributed by atoms with Gasteiger partial charge in [-0.2, -0.15) is 0 Å². The second-order valence-corrected chi connectivity index (χ2v) is 5.69. The van der Waals surface area contributed by atoms with E-state index in [1.165, 1.54) is 0 Å². The molecule has 1 saturated heterocycles. The predicted octanol–water partition coefficient (Wildman–Crippen LogP) is 0.927. The van der Waals surface area contributed by atoms with Crippen LogP contribution in [0.15, 0.2) is 0 Å². The van der Waals surface area contributed by atoms with E-state index in [-0.39, 0.29) is 17.9 Å². The average Bonchev–Trinajstić information content (AvgIpc) is 2.27. The quantitative estimate of drug-likeness (QED) is 0.814. The Morgan fingerprint density at radius 1 is 1.33 bits per heavy atom. The lowest BCUT2D eigenvalue weighted by Crippen LogP contribution is -2.75. The number of methoxy groups -OCH3 is 1. The molecule has 5 heteroatoms. The first-order valence-electron chi connectivity index (χ1n) is 6.36. The van der Waals surface area contributed by atoms with E-state index in [9.17, 15) is 9.59 Å². The highest BCUT2D eigenvalue weighted by molar-refractivity contribution is 6.01. The van der Waals surface area contributed by atoms with Crippen molar-refractivity contribution < 1.29 is 14.3 Å². The fourth-order valence-corrected chi connectivity index (χ4v) is 2.44. The summed E-state index contributed by atoms with van der Waals surface area (Å²) in [6.45, 7) is 9.51. The molecule has 0 aromatic carbocycles. The molecule has 5 nitrogen and oxygen atoms in total. The van der Waals surface area contributed by atoms with Gasteiger partial charge in [-0.25, -0.2) is 0 Å². The zero-order valence-electron chi connectivity index (χ0n) is 12.2. The molecular weight excluding hydrogens is 232 g/mol. The Kier molecular flexibility index (Phi) is 4.05. The molecule has 0 bridgehead atoms. The highest BCUT2D eigenvalue weighted by Gasteiger charge is 2.53. The first-order valence-corrected chi connectivity index (χ1v) is 6.36. The van der Waals surface area contributed by atoms with Crippen LogP contribution in [0.5, 0.6) is 0 Å².